The standard InChI is InChI=1S/C42H74O13Si/c1-14-31(26-51-29-50-20-19-47-9)21-30(3)35(43)24-34(55-56(12,13)41(4,5)6)25-37(54-38(44)15-2)42(7,8)33-18-16-17-32(22-33)23-36(52-27-48-10)39(40(45)46)53-28-49-11/h16-18,21-22,31,34-37,39,43H,14-15,19-20,23-29H2,1-13H3,(H,45,46)/b30-21-/t31-,34-,35+,36-,37+,39+/m1/s1. The molecule has 0 amide bonds. The Balaban J connectivity index is 3.53. The van der Waals surface area contributed by atoms with E-state index in [0.29, 0.717) is 32.7 Å². The number of carbonyl (C=O) groups is 2. The van der Waals surface area contributed by atoms with Crippen molar-refractivity contribution in [2.45, 2.75) is 142 Å². The molecule has 1 aromatic rings. The highest BCUT2D eigenvalue weighted by molar-refractivity contribution is 6.74. The third-order valence-electron chi connectivity index (χ3n) is 10.5. The molecule has 324 valence electrons. The van der Waals surface area contributed by atoms with Gasteiger partial charge in [0, 0.05) is 58.3 Å². The molecule has 0 unspecified atom stereocenters. The Morgan fingerprint density at radius 3 is 2.12 bits per heavy atom. The van der Waals surface area contributed by atoms with Gasteiger partial charge in [0.1, 0.15) is 32.6 Å². The Kier molecular flexibility index (Phi) is 24.0. The second-order valence-corrected chi connectivity index (χ2v) is 21.1. The molecule has 0 spiro atoms. The molecule has 0 aliphatic rings. The van der Waals surface area contributed by atoms with Gasteiger partial charge < -0.3 is 52.5 Å². The molecule has 1 rings (SSSR count). The van der Waals surface area contributed by atoms with Crippen LogP contribution in [0.2, 0.25) is 18.1 Å². The van der Waals surface area contributed by atoms with Crippen LogP contribution in [0.5, 0.6) is 0 Å². The van der Waals surface area contributed by atoms with E-state index in [1.165, 1.54) is 14.2 Å². The lowest BCUT2D eigenvalue weighted by molar-refractivity contribution is -0.184. The second-order valence-electron chi connectivity index (χ2n) is 16.4. The fraction of sp³-hybridized carbons (Fsp3) is 0.762. The SMILES string of the molecule is CCC(=O)O[C@@H](C[C@@H](C[C@H](O)/C(C)=C\[C@@H](CC)COCOCCOC)O[Si](C)(C)C(C)(C)C)C(C)(C)c1cccc(C[C@@H](OCOC)[C@H](OCOC)C(=O)O)c1. The van der Waals surface area contributed by atoms with Crippen molar-refractivity contribution in [1.82, 2.24) is 0 Å². The Morgan fingerprint density at radius 1 is 0.893 bits per heavy atom. The van der Waals surface area contributed by atoms with Gasteiger partial charge in [0.25, 0.3) is 0 Å². The number of benzene rings is 1. The number of hydrogen-bond donors (Lipinski definition) is 2. The summed E-state index contributed by atoms with van der Waals surface area (Å²) in [5, 5.41) is 21.5. The van der Waals surface area contributed by atoms with Crippen molar-refractivity contribution in [3.8, 4) is 0 Å². The van der Waals surface area contributed by atoms with Gasteiger partial charge in [-0.3, -0.25) is 4.79 Å². The van der Waals surface area contributed by atoms with Crippen molar-refractivity contribution in [2.24, 2.45) is 5.92 Å². The maximum atomic E-state index is 13.1. The van der Waals surface area contributed by atoms with E-state index in [0.717, 1.165) is 23.1 Å². The number of aliphatic carboxylic acids is 1. The molecule has 0 radical (unpaired) electrons. The van der Waals surface area contributed by atoms with Crippen molar-refractivity contribution in [3.63, 3.8) is 0 Å². The number of carbonyl (C=O) groups excluding carboxylic acids is 1. The molecule has 13 nitrogen and oxygen atoms in total. The number of ether oxygens (including phenoxy) is 8. The molecule has 0 bridgehead atoms. The summed E-state index contributed by atoms with van der Waals surface area (Å²) in [4.78, 5) is 25.2. The summed E-state index contributed by atoms with van der Waals surface area (Å²) in [7, 11) is 2.13. The number of carboxylic acid groups (broad SMARTS) is 1. The lowest BCUT2D eigenvalue weighted by Crippen LogP contribution is -2.47. The van der Waals surface area contributed by atoms with Gasteiger partial charge in [-0.1, -0.05) is 78.8 Å². The number of carboxylic acids is 1. The smallest absolute Gasteiger partial charge is 0.335 e. The summed E-state index contributed by atoms with van der Waals surface area (Å²) in [5.41, 5.74) is 1.76. The van der Waals surface area contributed by atoms with E-state index >= 15 is 0 Å². The van der Waals surface area contributed by atoms with Crippen LogP contribution in [0.15, 0.2) is 35.9 Å². The number of hydrogen-bond acceptors (Lipinski definition) is 12. The van der Waals surface area contributed by atoms with Gasteiger partial charge in [0.15, 0.2) is 14.4 Å². The summed E-state index contributed by atoms with van der Waals surface area (Å²) >= 11 is 0. The van der Waals surface area contributed by atoms with Crippen LogP contribution in [-0.2, 0) is 63.7 Å². The number of esters is 1. The van der Waals surface area contributed by atoms with Gasteiger partial charge in [-0.15, -0.1) is 0 Å². The van der Waals surface area contributed by atoms with E-state index in [9.17, 15) is 19.8 Å². The Morgan fingerprint density at radius 2 is 1.55 bits per heavy atom. The summed E-state index contributed by atoms with van der Waals surface area (Å²) < 4.78 is 50.8. The first-order valence-corrected chi connectivity index (χ1v) is 22.6. The molecule has 0 aromatic heterocycles. The van der Waals surface area contributed by atoms with Crippen LogP contribution in [0.1, 0.15) is 92.2 Å². The molecule has 0 heterocycles. The average Bonchev–Trinajstić information content (AvgIpc) is 3.13. The van der Waals surface area contributed by atoms with Crippen LogP contribution in [0.25, 0.3) is 0 Å². The second kappa shape index (κ2) is 26.0. The highest BCUT2D eigenvalue weighted by Gasteiger charge is 2.43. The van der Waals surface area contributed by atoms with Crippen LogP contribution in [0, 0.1) is 5.92 Å². The van der Waals surface area contributed by atoms with E-state index in [1.54, 1.807) is 14.0 Å². The van der Waals surface area contributed by atoms with Crippen molar-refractivity contribution in [3.05, 3.63) is 47.0 Å². The molecule has 56 heavy (non-hydrogen) atoms. The largest absolute Gasteiger partial charge is 0.479 e. The number of aliphatic hydroxyl groups excluding tert-OH is 1. The maximum absolute atomic E-state index is 13.1. The first-order valence-electron chi connectivity index (χ1n) is 19.7. The highest BCUT2D eigenvalue weighted by Crippen LogP contribution is 2.40. The van der Waals surface area contributed by atoms with E-state index in [2.05, 4.69) is 46.9 Å². The molecule has 0 aliphatic heterocycles. The maximum Gasteiger partial charge on any atom is 0.335 e. The molecule has 1 aromatic carbocycles. The van der Waals surface area contributed by atoms with E-state index in [4.69, 9.17) is 42.3 Å². The molecule has 14 heteroatoms. The topological polar surface area (TPSA) is 158 Å². The third-order valence-corrected chi connectivity index (χ3v) is 15.1. The normalized spacial score (nSPS) is 16.2. The molecule has 2 N–H and O–H groups in total. The molecular weight excluding hydrogens is 741 g/mol. The fourth-order valence-corrected chi connectivity index (χ4v) is 7.20. The van der Waals surface area contributed by atoms with Crippen LogP contribution >= 0.6 is 0 Å². The first-order chi connectivity index (χ1) is 26.3. The lowest BCUT2D eigenvalue weighted by Gasteiger charge is -2.42. The zero-order valence-electron chi connectivity index (χ0n) is 36.5. The number of rotatable bonds is 30. The minimum Gasteiger partial charge on any atom is -0.479 e. The molecule has 0 aliphatic carbocycles. The van der Waals surface area contributed by atoms with Gasteiger partial charge in [-0.2, -0.15) is 0 Å². The lowest BCUT2D eigenvalue weighted by atomic mass is 9.76. The Hall–Kier alpha value is -2.24. The van der Waals surface area contributed by atoms with E-state index in [1.807, 2.05) is 45.0 Å². The average molecular weight is 815 g/mol. The minimum absolute atomic E-state index is 0.0803. The monoisotopic (exact) mass is 814 g/mol. The predicted octanol–water partition coefficient (Wildman–Crippen LogP) is 7.03. The molecule has 6 atom stereocenters. The predicted molar refractivity (Wildman–Crippen MR) is 218 cm³/mol. The Bertz CT molecular complexity index is 1300. The molecule has 0 fully saturated rings. The van der Waals surface area contributed by atoms with Crippen molar-refractivity contribution < 1.29 is 62.1 Å². The summed E-state index contributed by atoms with van der Waals surface area (Å²) in [6.07, 6.45) is -0.161. The highest BCUT2D eigenvalue weighted by atomic mass is 28.4. The van der Waals surface area contributed by atoms with Crippen LogP contribution in [0.4, 0.5) is 0 Å². The van der Waals surface area contributed by atoms with Gasteiger partial charge in [0.05, 0.1) is 32.0 Å². The van der Waals surface area contributed by atoms with Crippen molar-refractivity contribution in [1.29, 1.82) is 0 Å². The van der Waals surface area contributed by atoms with Gasteiger partial charge >= 0.3 is 11.9 Å². The number of aliphatic hydroxyl groups is 1. The zero-order valence-corrected chi connectivity index (χ0v) is 37.5. The van der Waals surface area contributed by atoms with Crippen LogP contribution in [-0.4, -0.2) is 123 Å². The van der Waals surface area contributed by atoms with Gasteiger partial charge in [-0.05, 0) is 48.2 Å². The van der Waals surface area contributed by atoms with Gasteiger partial charge in [-0.25, -0.2) is 4.79 Å². The molecule has 0 saturated carbocycles. The minimum atomic E-state index is -2.37. The van der Waals surface area contributed by atoms with Crippen LogP contribution < -0.4 is 0 Å². The molecule has 0 saturated heterocycles. The Labute approximate surface area is 337 Å². The zero-order chi connectivity index (χ0) is 42.5. The van der Waals surface area contributed by atoms with Crippen molar-refractivity contribution >= 4 is 20.3 Å². The summed E-state index contributed by atoms with van der Waals surface area (Å²) in [6.45, 7) is 21.9. The fourth-order valence-electron chi connectivity index (χ4n) is 5.82. The number of methoxy groups -OCH3 is 3. The van der Waals surface area contributed by atoms with Crippen molar-refractivity contribution in [2.75, 3.05) is 61.5 Å². The first kappa shape index (κ1) is 51.8. The van der Waals surface area contributed by atoms with E-state index in [-0.39, 0.29) is 50.1 Å². The summed E-state index contributed by atoms with van der Waals surface area (Å²) in [6, 6.07) is 7.74. The van der Waals surface area contributed by atoms with Gasteiger partial charge in [0.2, 0.25) is 0 Å². The third kappa shape index (κ3) is 18.1. The van der Waals surface area contributed by atoms with E-state index < -0.39 is 50.2 Å². The van der Waals surface area contributed by atoms with Crippen LogP contribution in [0.3, 0.4) is 0 Å². The quantitative estimate of drug-likeness (QED) is 0.0268. The summed E-state index contributed by atoms with van der Waals surface area (Å²) in [5.74, 6) is -1.45. The molecular formula is C42H74O13Si.